The predicted molar refractivity (Wildman–Crippen MR) is 134 cm³/mol. The van der Waals surface area contributed by atoms with E-state index in [9.17, 15) is 14.7 Å². The second kappa shape index (κ2) is 9.60. The highest BCUT2D eigenvalue weighted by molar-refractivity contribution is 8.00. The summed E-state index contributed by atoms with van der Waals surface area (Å²) in [6.07, 6.45) is 1.49. The Hall–Kier alpha value is -3.16. The van der Waals surface area contributed by atoms with Crippen LogP contribution < -0.4 is 5.56 Å². The Kier molecular flexibility index (Phi) is 6.39. The van der Waals surface area contributed by atoms with Crippen LogP contribution in [0.5, 0.6) is 0 Å². The largest absolute Gasteiger partial charge is 0.481 e. The lowest BCUT2D eigenvalue weighted by atomic mass is 9.96. The molecule has 1 aliphatic rings. The van der Waals surface area contributed by atoms with Gasteiger partial charge in [-0.25, -0.2) is 4.68 Å². The Morgan fingerprint density at radius 3 is 2.38 bits per heavy atom. The third-order valence-electron chi connectivity index (χ3n) is 6.37. The number of carboxylic acid groups (broad SMARTS) is 1. The summed E-state index contributed by atoms with van der Waals surface area (Å²) in [5.41, 5.74) is 2.46. The zero-order chi connectivity index (χ0) is 23.7. The van der Waals surface area contributed by atoms with Crippen LogP contribution in [0.25, 0.3) is 22.0 Å². The van der Waals surface area contributed by atoms with E-state index >= 15 is 0 Å². The van der Waals surface area contributed by atoms with Crippen LogP contribution >= 0.6 is 23.4 Å². The number of fused-ring (bicyclic) bond motifs is 1. The molecule has 0 amide bonds. The zero-order valence-corrected chi connectivity index (χ0v) is 19.7. The average molecular weight is 492 g/mol. The Balaban J connectivity index is 1.32. The van der Waals surface area contributed by atoms with Gasteiger partial charge in [0.1, 0.15) is 5.52 Å². The first-order valence-electron chi connectivity index (χ1n) is 11.1. The minimum atomic E-state index is -0.834. The highest BCUT2D eigenvalue weighted by Gasteiger charge is 2.42. The lowest BCUT2D eigenvalue weighted by Gasteiger charge is -2.21. The van der Waals surface area contributed by atoms with E-state index < -0.39 is 11.9 Å². The molecule has 1 aromatic heterocycles. The topological polar surface area (TPSA) is 85.1 Å². The molecule has 0 radical (unpaired) electrons. The number of thioether (sulfide) groups is 1. The number of aromatic nitrogens is 3. The summed E-state index contributed by atoms with van der Waals surface area (Å²) < 4.78 is 1.32. The van der Waals surface area contributed by atoms with Gasteiger partial charge < -0.3 is 5.11 Å². The molecule has 1 fully saturated rings. The monoisotopic (exact) mass is 491 g/mol. The van der Waals surface area contributed by atoms with Crippen molar-refractivity contribution in [2.24, 2.45) is 11.8 Å². The molecular formula is C26H22ClN3O3S. The Morgan fingerprint density at radius 1 is 1.00 bits per heavy atom. The van der Waals surface area contributed by atoms with Crippen LogP contribution in [0.4, 0.5) is 0 Å². The standard InChI is InChI=1S/C26H22ClN3O3S/c27-19-10-5-16(6-11-19)17-7-12-20(13-8-17)34-23-14-9-18(24(23)26(32)33)15-30-25(31)21-3-1-2-4-22(21)28-29-30/h1-8,10-13,18,23-24H,9,14-15H2,(H,32,33)/t18-,23+,24-/m0/s1. The van der Waals surface area contributed by atoms with E-state index in [-0.39, 0.29) is 23.3 Å². The van der Waals surface area contributed by atoms with Crippen molar-refractivity contribution in [3.05, 3.63) is 88.2 Å². The molecule has 6 nitrogen and oxygen atoms in total. The fourth-order valence-electron chi connectivity index (χ4n) is 4.65. The van der Waals surface area contributed by atoms with Crippen molar-refractivity contribution in [3.63, 3.8) is 0 Å². The highest BCUT2D eigenvalue weighted by atomic mass is 35.5. The molecule has 0 aliphatic heterocycles. The molecule has 1 N–H and O–H groups in total. The van der Waals surface area contributed by atoms with E-state index in [2.05, 4.69) is 10.3 Å². The molecule has 4 aromatic rings. The minimum Gasteiger partial charge on any atom is -0.481 e. The highest BCUT2D eigenvalue weighted by Crippen LogP contribution is 2.43. The smallest absolute Gasteiger partial charge is 0.307 e. The summed E-state index contributed by atoms with van der Waals surface area (Å²) in [5, 5.41) is 19.3. The van der Waals surface area contributed by atoms with Crippen LogP contribution in [0.2, 0.25) is 5.02 Å². The van der Waals surface area contributed by atoms with Gasteiger partial charge in [0.05, 0.1) is 17.8 Å². The van der Waals surface area contributed by atoms with Crippen LogP contribution in [-0.2, 0) is 11.3 Å². The summed E-state index contributed by atoms with van der Waals surface area (Å²) in [6, 6.07) is 22.9. The van der Waals surface area contributed by atoms with E-state index in [4.69, 9.17) is 11.6 Å². The van der Waals surface area contributed by atoms with E-state index in [1.54, 1.807) is 30.0 Å². The van der Waals surface area contributed by atoms with Crippen LogP contribution in [0, 0.1) is 11.8 Å². The molecular weight excluding hydrogens is 470 g/mol. The molecule has 1 saturated carbocycles. The summed E-state index contributed by atoms with van der Waals surface area (Å²) in [5.74, 6) is -1.59. The fraction of sp³-hybridized carbons (Fsp3) is 0.231. The summed E-state index contributed by atoms with van der Waals surface area (Å²) >= 11 is 7.57. The third-order valence-corrected chi connectivity index (χ3v) is 8.00. The molecule has 0 bridgehead atoms. The van der Waals surface area contributed by atoms with Gasteiger partial charge in [-0.1, -0.05) is 53.2 Å². The Labute approximate surface area is 205 Å². The minimum absolute atomic E-state index is 0.0759. The zero-order valence-electron chi connectivity index (χ0n) is 18.2. The van der Waals surface area contributed by atoms with Crippen molar-refractivity contribution in [3.8, 4) is 11.1 Å². The quantitative estimate of drug-likeness (QED) is 0.389. The second-order valence-electron chi connectivity index (χ2n) is 8.48. The number of halogens is 1. The van der Waals surface area contributed by atoms with Gasteiger partial charge in [-0.15, -0.1) is 16.9 Å². The molecule has 1 aliphatic carbocycles. The predicted octanol–water partition coefficient (Wildman–Crippen LogP) is 5.38. The Bertz CT molecular complexity index is 1390. The Morgan fingerprint density at radius 2 is 1.68 bits per heavy atom. The maximum absolute atomic E-state index is 12.8. The first-order valence-corrected chi connectivity index (χ1v) is 12.3. The first-order chi connectivity index (χ1) is 16.5. The van der Waals surface area contributed by atoms with Crippen molar-refractivity contribution in [2.75, 3.05) is 0 Å². The normalized spacial score (nSPS) is 20.0. The van der Waals surface area contributed by atoms with Crippen molar-refractivity contribution < 1.29 is 9.90 Å². The first kappa shape index (κ1) is 22.6. The van der Waals surface area contributed by atoms with Crippen molar-refractivity contribution in [2.45, 2.75) is 29.5 Å². The summed E-state index contributed by atoms with van der Waals surface area (Å²) in [6.45, 7) is 0.250. The molecule has 0 saturated heterocycles. The van der Waals surface area contributed by atoms with Crippen molar-refractivity contribution in [1.29, 1.82) is 0 Å². The number of hydrogen-bond acceptors (Lipinski definition) is 5. The molecule has 8 heteroatoms. The molecule has 34 heavy (non-hydrogen) atoms. The van der Waals surface area contributed by atoms with E-state index in [0.717, 1.165) is 28.9 Å². The van der Waals surface area contributed by atoms with Gasteiger partial charge in [0, 0.05) is 15.2 Å². The second-order valence-corrected chi connectivity index (χ2v) is 10.2. The van der Waals surface area contributed by atoms with Gasteiger partial charge in [-0.2, -0.15) is 0 Å². The average Bonchev–Trinajstić information content (AvgIpc) is 3.24. The molecule has 5 rings (SSSR count). The van der Waals surface area contributed by atoms with E-state index in [1.807, 2.05) is 54.6 Å². The van der Waals surface area contributed by atoms with Gasteiger partial charge in [0.25, 0.3) is 5.56 Å². The molecule has 0 unspecified atom stereocenters. The number of rotatable bonds is 6. The molecule has 3 aromatic carbocycles. The van der Waals surface area contributed by atoms with Crippen LogP contribution in [0.15, 0.2) is 82.5 Å². The van der Waals surface area contributed by atoms with Gasteiger partial charge in [0.15, 0.2) is 0 Å². The molecule has 3 atom stereocenters. The summed E-state index contributed by atoms with van der Waals surface area (Å²) in [7, 11) is 0. The number of benzene rings is 3. The van der Waals surface area contributed by atoms with E-state index in [0.29, 0.717) is 15.9 Å². The van der Waals surface area contributed by atoms with Crippen LogP contribution in [0.1, 0.15) is 12.8 Å². The van der Waals surface area contributed by atoms with Gasteiger partial charge >= 0.3 is 5.97 Å². The number of nitrogens with zero attached hydrogens (tertiary/aromatic N) is 3. The maximum atomic E-state index is 12.8. The van der Waals surface area contributed by atoms with Gasteiger partial charge in [0.2, 0.25) is 0 Å². The van der Waals surface area contributed by atoms with Crippen molar-refractivity contribution >= 4 is 40.2 Å². The number of carbonyl (C=O) groups is 1. The lowest BCUT2D eigenvalue weighted by molar-refractivity contribution is -0.142. The maximum Gasteiger partial charge on any atom is 0.307 e. The molecule has 1 heterocycles. The fourth-order valence-corrected chi connectivity index (χ4v) is 6.15. The SMILES string of the molecule is O=C(O)[C@H]1[C@H](Cn2nnc3ccccc3c2=O)CC[C@H]1Sc1ccc(-c2ccc(Cl)cc2)cc1. The lowest BCUT2D eigenvalue weighted by Crippen LogP contribution is -2.33. The van der Waals surface area contributed by atoms with Crippen molar-refractivity contribution in [1.82, 2.24) is 15.0 Å². The van der Waals surface area contributed by atoms with Gasteiger partial charge in [-0.3, -0.25) is 9.59 Å². The number of hydrogen-bond donors (Lipinski definition) is 1. The van der Waals surface area contributed by atoms with Gasteiger partial charge in [-0.05, 0) is 66.3 Å². The molecule has 0 spiro atoms. The van der Waals surface area contributed by atoms with Crippen LogP contribution in [0.3, 0.4) is 0 Å². The summed E-state index contributed by atoms with van der Waals surface area (Å²) in [4.78, 5) is 26.1. The third kappa shape index (κ3) is 4.58. The molecule has 172 valence electrons. The van der Waals surface area contributed by atoms with E-state index in [1.165, 1.54) is 4.68 Å². The number of aliphatic carboxylic acids is 1. The van der Waals surface area contributed by atoms with Crippen LogP contribution in [-0.4, -0.2) is 31.3 Å². The number of carboxylic acids is 1.